The van der Waals surface area contributed by atoms with Gasteiger partial charge in [-0.25, -0.2) is 9.59 Å². The van der Waals surface area contributed by atoms with Crippen LogP contribution in [0, 0.1) is 5.92 Å². The van der Waals surface area contributed by atoms with Gasteiger partial charge in [-0.2, -0.15) is 0 Å². The smallest absolute Gasteiger partial charge is 0.326 e. The van der Waals surface area contributed by atoms with Gasteiger partial charge < -0.3 is 15.7 Å². The third kappa shape index (κ3) is 8.24. The second-order valence-electron chi connectivity index (χ2n) is 4.37. The Labute approximate surface area is 101 Å². The molecule has 0 rings (SSSR count). The Hall–Kier alpha value is -1.59. The van der Waals surface area contributed by atoms with E-state index in [4.69, 9.17) is 5.11 Å². The first-order valence-corrected chi connectivity index (χ1v) is 5.59. The molecule has 0 heterocycles. The van der Waals surface area contributed by atoms with Crippen LogP contribution in [0.3, 0.4) is 0 Å². The lowest BCUT2D eigenvalue weighted by Crippen LogP contribution is -2.46. The summed E-state index contributed by atoms with van der Waals surface area (Å²) in [6.45, 7) is 5.41. The quantitative estimate of drug-likeness (QED) is 0.616. The number of carboxylic acid groups (broad SMARTS) is 1. The summed E-state index contributed by atoms with van der Waals surface area (Å²) >= 11 is 0. The number of hydrogen-bond acceptors (Lipinski definition) is 3. The van der Waals surface area contributed by atoms with Gasteiger partial charge in [-0.3, -0.25) is 4.79 Å². The maximum Gasteiger partial charge on any atom is 0.326 e. The summed E-state index contributed by atoms with van der Waals surface area (Å²) < 4.78 is 0. The van der Waals surface area contributed by atoms with Gasteiger partial charge in [-0.05, 0) is 19.3 Å². The van der Waals surface area contributed by atoms with Crippen LogP contribution in [0.15, 0.2) is 0 Å². The molecule has 98 valence electrons. The highest BCUT2D eigenvalue weighted by Crippen LogP contribution is 2.04. The fraction of sp³-hybridized carbons (Fsp3) is 0.727. The van der Waals surface area contributed by atoms with Crippen LogP contribution in [0.4, 0.5) is 4.79 Å². The topological polar surface area (TPSA) is 95.5 Å². The molecule has 0 saturated heterocycles. The number of carboxylic acids is 1. The van der Waals surface area contributed by atoms with E-state index in [1.807, 2.05) is 13.8 Å². The van der Waals surface area contributed by atoms with Crippen molar-refractivity contribution in [2.45, 2.75) is 39.7 Å². The van der Waals surface area contributed by atoms with Crippen LogP contribution in [-0.4, -0.2) is 35.5 Å². The molecule has 3 N–H and O–H groups in total. The van der Waals surface area contributed by atoms with Gasteiger partial charge in [0, 0.05) is 13.0 Å². The number of rotatable bonds is 7. The monoisotopic (exact) mass is 244 g/mol. The van der Waals surface area contributed by atoms with Crippen molar-refractivity contribution in [3.8, 4) is 0 Å². The van der Waals surface area contributed by atoms with E-state index in [-0.39, 0.29) is 24.7 Å². The third-order valence-electron chi connectivity index (χ3n) is 2.07. The van der Waals surface area contributed by atoms with E-state index in [2.05, 4.69) is 10.6 Å². The summed E-state index contributed by atoms with van der Waals surface area (Å²) in [6.07, 6.45) is 0.616. The van der Waals surface area contributed by atoms with Gasteiger partial charge >= 0.3 is 12.0 Å². The number of amides is 2. The molecule has 0 aliphatic heterocycles. The van der Waals surface area contributed by atoms with Crippen LogP contribution in [0.5, 0.6) is 0 Å². The van der Waals surface area contributed by atoms with Crippen LogP contribution in [0.25, 0.3) is 0 Å². The molecule has 0 fully saturated rings. The Balaban J connectivity index is 4.04. The highest BCUT2D eigenvalue weighted by Gasteiger charge is 2.20. The van der Waals surface area contributed by atoms with Crippen molar-refractivity contribution >= 4 is 17.8 Å². The number of nitrogens with one attached hydrogen (secondary N) is 2. The summed E-state index contributed by atoms with van der Waals surface area (Å²) in [5, 5.41) is 13.7. The number of hydrogen-bond donors (Lipinski definition) is 3. The molecule has 0 aromatic carbocycles. The zero-order chi connectivity index (χ0) is 13.4. The minimum absolute atomic E-state index is 0.0257. The molecule has 1 unspecified atom stereocenters. The molecule has 1 atom stereocenters. The summed E-state index contributed by atoms with van der Waals surface area (Å²) in [4.78, 5) is 32.8. The van der Waals surface area contributed by atoms with Crippen LogP contribution in [0.1, 0.15) is 33.6 Å². The van der Waals surface area contributed by atoms with Crippen molar-refractivity contribution in [2.24, 2.45) is 5.92 Å². The third-order valence-corrected chi connectivity index (χ3v) is 2.07. The van der Waals surface area contributed by atoms with Crippen molar-refractivity contribution in [2.75, 3.05) is 6.54 Å². The Kier molecular flexibility index (Phi) is 6.93. The standard InChI is InChI=1S/C11H20N2O4/c1-7(2)6-9(10(15)16)13-11(17)12-5-4-8(3)14/h7,9H,4-6H2,1-3H3,(H,15,16)(H2,12,13,17). The van der Waals surface area contributed by atoms with Crippen LogP contribution < -0.4 is 10.6 Å². The van der Waals surface area contributed by atoms with Gasteiger partial charge in [-0.1, -0.05) is 13.8 Å². The number of carbonyl (C=O) groups is 3. The zero-order valence-electron chi connectivity index (χ0n) is 10.4. The SMILES string of the molecule is CC(=O)CCNC(=O)NC(CC(C)C)C(=O)O. The van der Waals surface area contributed by atoms with Crippen LogP contribution in [-0.2, 0) is 9.59 Å². The Bertz CT molecular complexity index is 289. The van der Waals surface area contributed by atoms with Crippen LogP contribution >= 0.6 is 0 Å². The van der Waals surface area contributed by atoms with E-state index >= 15 is 0 Å². The Morgan fingerprint density at radius 1 is 1.24 bits per heavy atom. The van der Waals surface area contributed by atoms with E-state index in [1.54, 1.807) is 0 Å². The molecule has 6 heteroatoms. The van der Waals surface area contributed by atoms with Gasteiger partial charge in [0.1, 0.15) is 11.8 Å². The fourth-order valence-corrected chi connectivity index (χ4v) is 1.25. The number of urea groups is 1. The predicted octanol–water partition coefficient (Wildman–Crippen LogP) is 0.764. The highest BCUT2D eigenvalue weighted by atomic mass is 16.4. The first kappa shape index (κ1) is 15.4. The number of carbonyl (C=O) groups excluding carboxylic acids is 2. The van der Waals surface area contributed by atoms with E-state index in [9.17, 15) is 14.4 Å². The lowest BCUT2D eigenvalue weighted by atomic mass is 10.0. The summed E-state index contributed by atoms with van der Waals surface area (Å²) in [5.74, 6) is -0.906. The predicted molar refractivity (Wildman–Crippen MR) is 62.7 cm³/mol. The molecule has 0 saturated carbocycles. The minimum Gasteiger partial charge on any atom is -0.480 e. The van der Waals surface area contributed by atoms with Gasteiger partial charge in [0.05, 0.1) is 0 Å². The van der Waals surface area contributed by atoms with Gasteiger partial charge in [0.25, 0.3) is 0 Å². The molecule has 0 aliphatic rings. The van der Waals surface area contributed by atoms with Crippen molar-refractivity contribution in [1.29, 1.82) is 0 Å². The van der Waals surface area contributed by atoms with Crippen molar-refractivity contribution in [3.63, 3.8) is 0 Å². The molecule has 0 radical (unpaired) electrons. The number of Topliss-reactive ketones (excluding diaryl/α,β-unsaturated/α-hetero) is 1. The zero-order valence-corrected chi connectivity index (χ0v) is 10.4. The molecule has 17 heavy (non-hydrogen) atoms. The van der Waals surface area contributed by atoms with Gasteiger partial charge in [-0.15, -0.1) is 0 Å². The van der Waals surface area contributed by atoms with Gasteiger partial charge in [0.2, 0.25) is 0 Å². The fourth-order valence-electron chi connectivity index (χ4n) is 1.25. The highest BCUT2D eigenvalue weighted by molar-refractivity contribution is 5.83. The average molecular weight is 244 g/mol. The maximum absolute atomic E-state index is 11.3. The van der Waals surface area contributed by atoms with E-state index in [1.165, 1.54) is 6.92 Å². The van der Waals surface area contributed by atoms with E-state index in [0.29, 0.717) is 6.42 Å². The first-order valence-electron chi connectivity index (χ1n) is 5.59. The molecule has 0 aliphatic carbocycles. The average Bonchev–Trinajstić information content (AvgIpc) is 2.15. The van der Waals surface area contributed by atoms with Gasteiger partial charge in [0.15, 0.2) is 0 Å². The molecule has 2 amide bonds. The van der Waals surface area contributed by atoms with Crippen molar-refractivity contribution in [1.82, 2.24) is 10.6 Å². The van der Waals surface area contributed by atoms with Crippen molar-refractivity contribution < 1.29 is 19.5 Å². The molecule has 0 aromatic rings. The molecule has 6 nitrogen and oxygen atoms in total. The Morgan fingerprint density at radius 2 is 1.82 bits per heavy atom. The summed E-state index contributed by atoms with van der Waals surface area (Å²) in [6, 6.07) is -1.45. The molecule has 0 spiro atoms. The molecular formula is C11H20N2O4. The number of aliphatic carboxylic acids is 1. The second-order valence-corrected chi connectivity index (χ2v) is 4.37. The molecule has 0 aromatic heterocycles. The summed E-state index contributed by atoms with van der Waals surface area (Å²) in [5.41, 5.74) is 0. The largest absolute Gasteiger partial charge is 0.480 e. The minimum atomic E-state index is -1.06. The lowest BCUT2D eigenvalue weighted by molar-refractivity contribution is -0.139. The molecule has 0 bridgehead atoms. The number of ketones is 1. The second kappa shape index (κ2) is 7.65. The maximum atomic E-state index is 11.3. The Morgan fingerprint density at radius 3 is 2.24 bits per heavy atom. The molecular weight excluding hydrogens is 224 g/mol. The summed E-state index contributed by atoms with van der Waals surface area (Å²) in [7, 11) is 0. The van der Waals surface area contributed by atoms with E-state index in [0.717, 1.165) is 0 Å². The normalized spacial score (nSPS) is 12.0. The van der Waals surface area contributed by atoms with Crippen LogP contribution in [0.2, 0.25) is 0 Å². The first-order chi connectivity index (χ1) is 7.82. The van der Waals surface area contributed by atoms with Crippen molar-refractivity contribution in [3.05, 3.63) is 0 Å². The lowest BCUT2D eigenvalue weighted by Gasteiger charge is -2.16. The van der Waals surface area contributed by atoms with E-state index < -0.39 is 18.0 Å².